The van der Waals surface area contributed by atoms with Gasteiger partial charge in [0.2, 0.25) is 0 Å². The zero-order valence-electron chi connectivity index (χ0n) is 8.34. The molecule has 2 heteroatoms. The maximum atomic E-state index is 6.20. The smallest absolute Gasteiger partial charge is 0.0151 e. The number of rotatable bonds is 3. The van der Waals surface area contributed by atoms with Crippen LogP contribution in [-0.4, -0.2) is 12.1 Å². The van der Waals surface area contributed by atoms with E-state index < -0.39 is 0 Å². The van der Waals surface area contributed by atoms with Crippen LogP contribution in [0.5, 0.6) is 0 Å². The molecular formula is C10H22N2. The summed E-state index contributed by atoms with van der Waals surface area (Å²) < 4.78 is 0. The molecule has 0 saturated heterocycles. The minimum absolute atomic E-state index is 0.0456. The van der Waals surface area contributed by atoms with E-state index in [1.165, 1.54) is 19.3 Å². The summed E-state index contributed by atoms with van der Waals surface area (Å²) in [6, 6.07) is 0. The Kier molecular flexibility index (Phi) is 3.13. The van der Waals surface area contributed by atoms with E-state index in [4.69, 9.17) is 11.5 Å². The fourth-order valence-corrected chi connectivity index (χ4v) is 2.18. The monoisotopic (exact) mass is 170 g/mol. The zero-order chi connectivity index (χ0) is 9.19. The van der Waals surface area contributed by atoms with Crippen molar-refractivity contribution in [2.24, 2.45) is 23.3 Å². The van der Waals surface area contributed by atoms with E-state index in [0.29, 0.717) is 5.92 Å². The number of hydrogen-bond acceptors (Lipinski definition) is 2. The molecule has 1 aliphatic rings. The van der Waals surface area contributed by atoms with Crippen LogP contribution in [0.25, 0.3) is 0 Å². The molecule has 0 heterocycles. The van der Waals surface area contributed by atoms with E-state index in [0.717, 1.165) is 18.9 Å². The van der Waals surface area contributed by atoms with Crippen molar-refractivity contribution in [3.63, 3.8) is 0 Å². The van der Waals surface area contributed by atoms with Gasteiger partial charge in [0.1, 0.15) is 0 Å². The van der Waals surface area contributed by atoms with Gasteiger partial charge in [-0.3, -0.25) is 0 Å². The van der Waals surface area contributed by atoms with Crippen LogP contribution in [0.4, 0.5) is 0 Å². The Morgan fingerprint density at radius 2 is 2.08 bits per heavy atom. The van der Waals surface area contributed by atoms with Crippen molar-refractivity contribution >= 4 is 0 Å². The predicted octanol–water partition coefficient (Wildman–Crippen LogP) is 1.49. The summed E-state index contributed by atoms with van der Waals surface area (Å²) in [5.74, 6) is 1.44. The molecule has 1 saturated carbocycles. The summed E-state index contributed by atoms with van der Waals surface area (Å²) in [6.45, 7) is 5.20. The molecule has 12 heavy (non-hydrogen) atoms. The van der Waals surface area contributed by atoms with Gasteiger partial charge in [-0.25, -0.2) is 0 Å². The van der Waals surface area contributed by atoms with E-state index >= 15 is 0 Å². The summed E-state index contributed by atoms with van der Waals surface area (Å²) in [5, 5.41) is 0. The van der Waals surface area contributed by atoms with Gasteiger partial charge >= 0.3 is 0 Å². The molecule has 0 aromatic heterocycles. The van der Waals surface area contributed by atoms with Crippen molar-refractivity contribution in [3.8, 4) is 0 Å². The predicted molar refractivity (Wildman–Crippen MR) is 52.8 cm³/mol. The molecule has 0 radical (unpaired) electrons. The molecule has 1 rings (SSSR count). The first-order valence-electron chi connectivity index (χ1n) is 5.09. The lowest BCUT2D eigenvalue weighted by Gasteiger charge is -2.30. The van der Waals surface area contributed by atoms with E-state index in [1.807, 2.05) is 0 Å². The average Bonchev–Trinajstić information content (AvgIpc) is 2.52. The fourth-order valence-electron chi connectivity index (χ4n) is 2.18. The Morgan fingerprint density at radius 3 is 2.50 bits per heavy atom. The summed E-state index contributed by atoms with van der Waals surface area (Å²) in [4.78, 5) is 0. The van der Waals surface area contributed by atoms with Gasteiger partial charge in [-0.05, 0) is 51.0 Å². The van der Waals surface area contributed by atoms with E-state index in [-0.39, 0.29) is 5.54 Å². The number of nitrogens with two attached hydrogens (primary N) is 2. The molecule has 3 atom stereocenters. The Bertz CT molecular complexity index is 143. The van der Waals surface area contributed by atoms with Gasteiger partial charge in [0.15, 0.2) is 0 Å². The van der Waals surface area contributed by atoms with Crippen LogP contribution < -0.4 is 11.5 Å². The molecule has 72 valence electrons. The molecule has 0 amide bonds. The summed E-state index contributed by atoms with van der Waals surface area (Å²) in [7, 11) is 0. The lowest BCUT2D eigenvalue weighted by atomic mass is 9.82. The van der Waals surface area contributed by atoms with Gasteiger partial charge in [-0.15, -0.1) is 0 Å². The van der Waals surface area contributed by atoms with E-state index in [1.54, 1.807) is 0 Å². The van der Waals surface area contributed by atoms with Crippen LogP contribution in [0, 0.1) is 11.8 Å². The van der Waals surface area contributed by atoms with Gasteiger partial charge < -0.3 is 11.5 Å². The zero-order valence-corrected chi connectivity index (χ0v) is 8.34. The van der Waals surface area contributed by atoms with Gasteiger partial charge in [0, 0.05) is 5.54 Å². The van der Waals surface area contributed by atoms with Gasteiger partial charge in [-0.1, -0.05) is 6.92 Å². The molecule has 0 spiro atoms. The van der Waals surface area contributed by atoms with Gasteiger partial charge in [-0.2, -0.15) is 0 Å². The average molecular weight is 170 g/mol. The van der Waals surface area contributed by atoms with Crippen molar-refractivity contribution in [2.45, 2.75) is 45.1 Å². The standard InChI is InChI=1S/C10H22N2/c1-3-10(2,12)9-5-4-8(6-9)7-11/h8-9H,3-7,11-12H2,1-2H3. The molecule has 1 aliphatic carbocycles. The third kappa shape index (κ3) is 1.99. The van der Waals surface area contributed by atoms with Crippen LogP contribution in [0.1, 0.15) is 39.5 Å². The fraction of sp³-hybridized carbons (Fsp3) is 1.00. The molecule has 1 fully saturated rings. The van der Waals surface area contributed by atoms with E-state index in [9.17, 15) is 0 Å². The quantitative estimate of drug-likeness (QED) is 0.674. The van der Waals surface area contributed by atoms with Crippen LogP contribution >= 0.6 is 0 Å². The first-order valence-corrected chi connectivity index (χ1v) is 5.09. The Balaban J connectivity index is 2.46. The molecule has 0 bridgehead atoms. The number of hydrogen-bond donors (Lipinski definition) is 2. The molecule has 2 nitrogen and oxygen atoms in total. The molecule has 0 aromatic carbocycles. The van der Waals surface area contributed by atoms with Crippen molar-refractivity contribution in [1.29, 1.82) is 0 Å². The van der Waals surface area contributed by atoms with Crippen molar-refractivity contribution in [2.75, 3.05) is 6.54 Å². The summed E-state index contributed by atoms with van der Waals surface area (Å²) in [5.41, 5.74) is 11.9. The summed E-state index contributed by atoms with van der Waals surface area (Å²) >= 11 is 0. The van der Waals surface area contributed by atoms with Crippen LogP contribution in [0.3, 0.4) is 0 Å². The molecule has 4 N–H and O–H groups in total. The second kappa shape index (κ2) is 3.75. The first kappa shape index (κ1) is 10.0. The largest absolute Gasteiger partial charge is 0.330 e. The molecule has 0 aromatic rings. The first-order chi connectivity index (χ1) is 5.60. The maximum absolute atomic E-state index is 6.20. The Morgan fingerprint density at radius 1 is 1.42 bits per heavy atom. The van der Waals surface area contributed by atoms with Crippen LogP contribution in [0.15, 0.2) is 0 Å². The summed E-state index contributed by atoms with van der Waals surface area (Å²) in [6.07, 6.45) is 4.89. The lowest BCUT2D eigenvalue weighted by molar-refractivity contribution is 0.283. The third-order valence-corrected chi connectivity index (χ3v) is 3.57. The molecule has 3 unspecified atom stereocenters. The topological polar surface area (TPSA) is 52.0 Å². The maximum Gasteiger partial charge on any atom is 0.0151 e. The Hall–Kier alpha value is -0.0800. The highest BCUT2D eigenvalue weighted by Crippen LogP contribution is 2.37. The second-order valence-corrected chi connectivity index (χ2v) is 4.47. The molecule has 0 aliphatic heterocycles. The second-order valence-electron chi connectivity index (χ2n) is 4.47. The van der Waals surface area contributed by atoms with Gasteiger partial charge in [0.25, 0.3) is 0 Å². The SMILES string of the molecule is CCC(C)(N)C1CCC(CN)C1. The van der Waals surface area contributed by atoms with Crippen molar-refractivity contribution < 1.29 is 0 Å². The highest BCUT2D eigenvalue weighted by atomic mass is 14.7. The Labute approximate surface area is 75.7 Å². The molecular weight excluding hydrogens is 148 g/mol. The van der Waals surface area contributed by atoms with Gasteiger partial charge in [0.05, 0.1) is 0 Å². The minimum Gasteiger partial charge on any atom is -0.330 e. The lowest BCUT2D eigenvalue weighted by Crippen LogP contribution is -2.42. The van der Waals surface area contributed by atoms with Crippen LogP contribution in [-0.2, 0) is 0 Å². The van der Waals surface area contributed by atoms with Crippen molar-refractivity contribution in [3.05, 3.63) is 0 Å². The highest BCUT2D eigenvalue weighted by molar-refractivity contribution is 4.91. The van der Waals surface area contributed by atoms with Crippen molar-refractivity contribution in [1.82, 2.24) is 0 Å². The minimum atomic E-state index is 0.0456. The van der Waals surface area contributed by atoms with Crippen LogP contribution in [0.2, 0.25) is 0 Å². The normalized spacial score (nSPS) is 35.0. The van der Waals surface area contributed by atoms with E-state index in [2.05, 4.69) is 13.8 Å². The highest BCUT2D eigenvalue weighted by Gasteiger charge is 2.34. The third-order valence-electron chi connectivity index (χ3n) is 3.57.